The summed E-state index contributed by atoms with van der Waals surface area (Å²) in [5.74, 6) is -0.561. The minimum atomic E-state index is -0.868. The number of hydrogen-bond donors (Lipinski definition) is 0. The molecule has 0 radical (unpaired) electrons. The summed E-state index contributed by atoms with van der Waals surface area (Å²) in [5, 5.41) is 8.89. The minimum absolute atomic E-state index is 0.504. The highest BCUT2D eigenvalue weighted by Crippen LogP contribution is 2.29. The van der Waals surface area contributed by atoms with Gasteiger partial charge in [-0.1, -0.05) is 0 Å². The van der Waals surface area contributed by atoms with E-state index >= 15 is 0 Å². The lowest BCUT2D eigenvalue weighted by Gasteiger charge is -2.08. The van der Waals surface area contributed by atoms with Crippen LogP contribution in [0.4, 0.5) is 8.78 Å². The van der Waals surface area contributed by atoms with Crippen LogP contribution in [0.1, 0.15) is 11.1 Å². The van der Waals surface area contributed by atoms with Gasteiger partial charge in [-0.2, -0.15) is 5.26 Å². The second kappa shape index (κ2) is 6.40. The molecule has 0 bridgehead atoms. The van der Waals surface area contributed by atoms with Gasteiger partial charge in [0.15, 0.2) is 11.6 Å². The van der Waals surface area contributed by atoms with E-state index in [9.17, 15) is 8.78 Å². The van der Waals surface area contributed by atoms with Crippen molar-refractivity contribution in [2.45, 2.75) is 10.6 Å². The van der Waals surface area contributed by atoms with Crippen LogP contribution in [-0.2, 0) is 5.75 Å². The summed E-state index contributed by atoms with van der Waals surface area (Å²) in [6.07, 6.45) is 0. The molecule has 0 atom stereocenters. The number of nitrogens with zero attached hydrogens (tertiary/aromatic N) is 1. The van der Waals surface area contributed by atoms with Gasteiger partial charge in [-0.25, -0.2) is 8.78 Å². The Bertz CT molecular complexity index is 667. The highest BCUT2D eigenvalue weighted by molar-refractivity contribution is 7.98. The van der Waals surface area contributed by atoms with Gasteiger partial charge in [-0.15, -0.1) is 11.8 Å². The molecule has 102 valence electrons. The molecule has 0 saturated heterocycles. The molecule has 2 aromatic carbocycles. The Labute approximate surface area is 120 Å². The number of nitriles is 1. The third kappa shape index (κ3) is 3.28. The van der Waals surface area contributed by atoms with Crippen LogP contribution in [0.5, 0.6) is 5.75 Å². The summed E-state index contributed by atoms with van der Waals surface area (Å²) < 4.78 is 31.2. The number of hydrogen-bond acceptors (Lipinski definition) is 3. The van der Waals surface area contributed by atoms with E-state index in [4.69, 9.17) is 10.00 Å². The minimum Gasteiger partial charge on any atom is -0.496 e. The third-order valence-electron chi connectivity index (χ3n) is 2.69. The first-order chi connectivity index (χ1) is 9.63. The molecule has 20 heavy (non-hydrogen) atoms. The van der Waals surface area contributed by atoms with Crippen LogP contribution in [0.3, 0.4) is 0 Å². The topological polar surface area (TPSA) is 33.0 Å². The van der Waals surface area contributed by atoms with Crippen LogP contribution in [0.25, 0.3) is 0 Å². The molecule has 0 saturated carbocycles. The number of methoxy groups -OCH3 is 1. The van der Waals surface area contributed by atoms with Crippen molar-refractivity contribution in [3.8, 4) is 11.8 Å². The van der Waals surface area contributed by atoms with E-state index in [-0.39, 0.29) is 0 Å². The molecule has 0 N–H and O–H groups in total. The fourth-order valence-corrected chi connectivity index (χ4v) is 2.59. The molecule has 0 amide bonds. The van der Waals surface area contributed by atoms with Gasteiger partial charge >= 0.3 is 0 Å². The molecule has 2 rings (SSSR count). The third-order valence-corrected chi connectivity index (χ3v) is 3.74. The van der Waals surface area contributed by atoms with Crippen molar-refractivity contribution >= 4 is 11.8 Å². The summed E-state index contributed by atoms with van der Waals surface area (Å²) in [6, 6.07) is 10.9. The molecule has 0 aliphatic carbocycles. The lowest BCUT2D eigenvalue weighted by atomic mass is 10.1. The summed E-state index contributed by atoms with van der Waals surface area (Å²) in [5.41, 5.74) is 1.37. The summed E-state index contributed by atoms with van der Waals surface area (Å²) in [7, 11) is 1.55. The maximum Gasteiger partial charge on any atom is 0.159 e. The summed E-state index contributed by atoms with van der Waals surface area (Å²) in [4.78, 5) is 0.619. The van der Waals surface area contributed by atoms with Crippen molar-refractivity contribution in [1.29, 1.82) is 5.26 Å². The monoisotopic (exact) mass is 291 g/mol. The summed E-state index contributed by atoms with van der Waals surface area (Å²) in [6.45, 7) is 0. The molecule has 0 aromatic heterocycles. The maximum absolute atomic E-state index is 13.1. The lowest BCUT2D eigenvalue weighted by molar-refractivity contribution is 0.411. The van der Waals surface area contributed by atoms with E-state index in [2.05, 4.69) is 6.07 Å². The van der Waals surface area contributed by atoms with Gasteiger partial charge in [0.1, 0.15) is 5.75 Å². The normalized spacial score (nSPS) is 10.1. The predicted molar refractivity (Wildman–Crippen MR) is 73.6 cm³/mol. The molecule has 2 nitrogen and oxygen atoms in total. The van der Waals surface area contributed by atoms with Crippen molar-refractivity contribution in [3.05, 3.63) is 59.2 Å². The van der Waals surface area contributed by atoms with Crippen LogP contribution in [0.15, 0.2) is 41.3 Å². The fourth-order valence-electron chi connectivity index (χ4n) is 1.69. The van der Waals surface area contributed by atoms with Gasteiger partial charge < -0.3 is 4.74 Å². The van der Waals surface area contributed by atoms with Gasteiger partial charge in [0.2, 0.25) is 0 Å². The molecule has 0 aliphatic heterocycles. The van der Waals surface area contributed by atoms with Crippen LogP contribution in [0, 0.1) is 23.0 Å². The molecule has 0 fully saturated rings. The molecule has 0 heterocycles. The zero-order valence-electron chi connectivity index (χ0n) is 10.7. The number of benzene rings is 2. The molecule has 5 heteroatoms. The molecule has 0 spiro atoms. The standard InChI is InChI=1S/C15H11F2NOS/c1-19-15-5-2-10(8-18)6-11(15)9-20-12-3-4-13(16)14(17)7-12/h2-7H,9H2,1H3. The Morgan fingerprint density at radius 2 is 1.95 bits per heavy atom. The van der Waals surface area contributed by atoms with Gasteiger partial charge in [-0.05, 0) is 36.4 Å². The first-order valence-electron chi connectivity index (χ1n) is 5.79. The van der Waals surface area contributed by atoms with Crippen LogP contribution < -0.4 is 4.74 Å². The number of halogens is 2. The van der Waals surface area contributed by atoms with Crippen molar-refractivity contribution in [2.75, 3.05) is 7.11 Å². The summed E-state index contributed by atoms with van der Waals surface area (Å²) >= 11 is 1.35. The Kier molecular flexibility index (Phi) is 4.59. The number of rotatable bonds is 4. The van der Waals surface area contributed by atoms with E-state index in [1.165, 1.54) is 17.8 Å². The zero-order valence-corrected chi connectivity index (χ0v) is 11.5. The van der Waals surface area contributed by atoms with E-state index in [1.54, 1.807) is 25.3 Å². The van der Waals surface area contributed by atoms with Gasteiger partial charge in [0.05, 0.1) is 18.7 Å². The van der Waals surface area contributed by atoms with Crippen molar-refractivity contribution in [1.82, 2.24) is 0 Å². The smallest absolute Gasteiger partial charge is 0.159 e. The van der Waals surface area contributed by atoms with Crippen LogP contribution >= 0.6 is 11.8 Å². The predicted octanol–water partition coefficient (Wildman–Crippen LogP) is 4.14. The Morgan fingerprint density at radius 1 is 1.15 bits per heavy atom. The second-order valence-electron chi connectivity index (χ2n) is 4.00. The van der Waals surface area contributed by atoms with Gasteiger partial charge in [0, 0.05) is 16.2 Å². The van der Waals surface area contributed by atoms with Gasteiger partial charge in [0.25, 0.3) is 0 Å². The Balaban J connectivity index is 2.17. The number of ether oxygens (including phenoxy) is 1. The zero-order chi connectivity index (χ0) is 14.5. The highest BCUT2D eigenvalue weighted by atomic mass is 32.2. The Morgan fingerprint density at radius 3 is 2.60 bits per heavy atom. The van der Waals surface area contributed by atoms with E-state index in [1.807, 2.05) is 0 Å². The molecule has 2 aromatic rings. The SMILES string of the molecule is COc1ccc(C#N)cc1CSc1ccc(F)c(F)c1. The molecule has 0 aliphatic rings. The van der Waals surface area contributed by atoms with Crippen LogP contribution in [-0.4, -0.2) is 7.11 Å². The molecular formula is C15H11F2NOS. The number of thioether (sulfide) groups is 1. The van der Waals surface area contributed by atoms with Crippen molar-refractivity contribution in [2.24, 2.45) is 0 Å². The Hall–Kier alpha value is -2.06. The quantitative estimate of drug-likeness (QED) is 0.794. The van der Waals surface area contributed by atoms with E-state index in [0.717, 1.165) is 17.7 Å². The molecule has 0 unspecified atom stereocenters. The average molecular weight is 291 g/mol. The van der Waals surface area contributed by atoms with Gasteiger partial charge in [-0.3, -0.25) is 0 Å². The van der Waals surface area contributed by atoms with Crippen molar-refractivity contribution < 1.29 is 13.5 Å². The average Bonchev–Trinajstić information content (AvgIpc) is 2.48. The second-order valence-corrected chi connectivity index (χ2v) is 5.05. The largest absolute Gasteiger partial charge is 0.496 e. The lowest BCUT2D eigenvalue weighted by Crippen LogP contribution is -1.92. The van der Waals surface area contributed by atoms with E-state index < -0.39 is 11.6 Å². The first kappa shape index (κ1) is 14.4. The van der Waals surface area contributed by atoms with E-state index in [0.29, 0.717) is 22.0 Å². The maximum atomic E-state index is 13.1. The van der Waals surface area contributed by atoms with Crippen molar-refractivity contribution in [3.63, 3.8) is 0 Å². The van der Waals surface area contributed by atoms with Crippen LogP contribution in [0.2, 0.25) is 0 Å². The highest BCUT2D eigenvalue weighted by Gasteiger charge is 2.07. The fraction of sp³-hybridized carbons (Fsp3) is 0.133. The molecular weight excluding hydrogens is 280 g/mol. The first-order valence-corrected chi connectivity index (χ1v) is 6.77.